The fourth-order valence-corrected chi connectivity index (χ4v) is 2.24. The Hall–Kier alpha value is -1.65. The average molecular weight is 247 g/mol. The number of rotatable bonds is 4. The lowest BCUT2D eigenvalue weighted by molar-refractivity contribution is -0.130. The molecule has 0 bridgehead atoms. The van der Waals surface area contributed by atoms with Crippen LogP contribution in [0.2, 0.25) is 0 Å². The third-order valence-electron chi connectivity index (χ3n) is 3.47. The van der Waals surface area contributed by atoms with E-state index in [1.54, 1.807) is 18.5 Å². The molecule has 1 atom stereocenters. The van der Waals surface area contributed by atoms with Gasteiger partial charge in [0.2, 0.25) is 5.91 Å². The molecule has 2 heterocycles. The maximum absolute atomic E-state index is 11.9. The Morgan fingerprint density at radius 3 is 2.83 bits per heavy atom. The van der Waals surface area contributed by atoms with Crippen molar-refractivity contribution >= 4 is 5.91 Å². The van der Waals surface area contributed by atoms with Crippen molar-refractivity contribution in [3.63, 3.8) is 0 Å². The second kappa shape index (κ2) is 4.92. The van der Waals surface area contributed by atoms with Gasteiger partial charge in [-0.05, 0) is 24.8 Å². The van der Waals surface area contributed by atoms with Gasteiger partial charge >= 0.3 is 6.01 Å². The SMILES string of the molecule is O=C(CC1CC1)N1CC[C@@H](Oc2ncccn2)C1. The Labute approximate surface area is 106 Å². The standard InChI is InChI=1S/C13H17N3O2/c17-12(8-10-2-3-10)16-7-4-11(9-16)18-13-14-5-1-6-15-13/h1,5-6,10-11H,2-4,7-9H2/t11-/m1/s1. The monoisotopic (exact) mass is 247 g/mol. The molecule has 1 aliphatic carbocycles. The predicted molar refractivity (Wildman–Crippen MR) is 65.0 cm³/mol. The smallest absolute Gasteiger partial charge is 0.316 e. The Bertz CT molecular complexity index is 420. The average Bonchev–Trinajstić information content (AvgIpc) is 3.07. The fraction of sp³-hybridized carbons (Fsp3) is 0.615. The molecule has 0 radical (unpaired) electrons. The first-order valence-corrected chi connectivity index (χ1v) is 6.53. The van der Waals surface area contributed by atoms with Crippen LogP contribution in [0.1, 0.15) is 25.7 Å². The highest BCUT2D eigenvalue weighted by atomic mass is 16.5. The normalized spacial score (nSPS) is 23.1. The van der Waals surface area contributed by atoms with Crippen LogP contribution in [-0.2, 0) is 4.79 Å². The first kappa shape index (κ1) is 11.4. The van der Waals surface area contributed by atoms with Crippen molar-refractivity contribution in [2.75, 3.05) is 13.1 Å². The van der Waals surface area contributed by atoms with Gasteiger partial charge in [0.05, 0.1) is 6.54 Å². The van der Waals surface area contributed by atoms with Gasteiger partial charge in [0.15, 0.2) is 0 Å². The summed E-state index contributed by atoms with van der Waals surface area (Å²) in [6.07, 6.45) is 7.38. The molecule has 0 unspecified atom stereocenters. The third kappa shape index (κ3) is 2.78. The first-order chi connectivity index (χ1) is 8.81. The summed E-state index contributed by atoms with van der Waals surface area (Å²) in [6, 6.07) is 2.16. The van der Waals surface area contributed by atoms with Gasteiger partial charge in [-0.25, -0.2) is 9.97 Å². The Morgan fingerprint density at radius 1 is 1.33 bits per heavy atom. The number of carbonyl (C=O) groups excluding carboxylic acids is 1. The van der Waals surface area contributed by atoms with Crippen molar-refractivity contribution in [3.8, 4) is 6.01 Å². The minimum Gasteiger partial charge on any atom is -0.458 e. The molecule has 96 valence electrons. The van der Waals surface area contributed by atoms with E-state index in [-0.39, 0.29) is 12.0 Å². The second-order valence-electron chi connectivity index (χ2n) is 5.05. The topological polar surface area (TPSA) is 55.3 Å². The molecule has 1 aliphatic heterocycles. The zero-order valence-corrected chi connectivity index (χ0v) is 10.3. The molecule has 2 aliphatic rings. The molecule has 1 saturated heterocycles. The van der Waals surface area contributed by atoms with Gasteiger partial charge in [0.1, 0.15) is 6.10 Å². The summed E-state index contributed by atoms with van der Waals surface area (Å²) in [5.41, 5.74) is 0. The summed E-state index contributed by atoms with van der Waals surface area (Å²) in [5, 5.41) is 0. The minimum absolute atomic E-state index is 0.0375. The largest absolute Gasteiger partial charge is 0.458 e. The van der Waals surface area contributed by atoms with Crippen molar-refractivity contribution in [3.05, 3.63) is 18.5 Å². The van der Waals surface area contributed by atoms with Gasteiger partial charge in [-0.1, -0.05) is 0 Å². The Balaban J connectivity index is 1.50. The molecular formula is C13H17N3O2. The van der Waals surface area contributed by atoms with Crippen LogP contribution in [0.3, 0.4) is 0 Å². The van der Waals surface area contributed by atoms with Gasteiger partial charge in [-0.15, -0.1) is 0 Å². The molecule has 1 aromatic rings. The molecular weight excluding hydrogens is 230 g/mol. The van der Waals surface area contributed by atoms with Crippen LogP contribution in [0.5, 0.6) is 6.01 Å². The van der Waals surface area contributed by atoms with Gasteiger partial charge in [-0.2, -0.15) is 0 Å². The highest BCUT2D eigenvalue weighted by molar-refractivity contribution is 5.77. The summed E-state index contributed by atoms with van der Waals surface area (Å²) in [5.74, 6) is 0.924. The number of amides is 1. The fourth-order valence-electron chi connectivity index (χ4n) is 2.24. The first-order valence-electron chi connectivity index (χ1n) is 6.53. The van der Waals surface area contributed by atoms with E-state index in [1.807, 2.05) is 4.90 Å². The Kier molecular flexibility index (Phi) is 3.13. The van der Waals surface area contributed by atoms with Crippen LogP contribution in [0.15, 0.2) is 18.5 Å². The summed E-state index contributed by atoms with van der Waals surface area (Å²) in [7, 11) is 0. The number of aromatic nitrogens is 2. The molecule has 5 nitrogen and oxygen atoms in total. The zero-order chi connectivity index (χ0) is 12.4. The summed E-state index contributed by atoms with van der Waals surface area (Å²) >= 11 is 0. The summed E-state index contributed by atoms with van der Waals surface area (Å²) < 4.78 is 5.66. The molecule has 0 aromatic carbocycles. The van der Waals surface area contributed by atoms with Crippen LogP contribution in [0, 0.1) is 5.92 Å². The third-order valence-corrected chi connectivity index (χ3v) is 3.47. The van der Waals surface area contributed by atoms with Crippen molar-refractivity contribution in [1.82, 2.24) is 14.9 Å². The van der Waals surface area contributed by atoms with Crippen LogP contribution in [0.4, 0.5) is 0 Å². The quantitative estimate of drug-likeness (QED) is 0.803. The minimum atomic E-state index is 0.0375. The van der Waals surface area contributed by atoms with Gasteiger partial charge in [0.25, 0.3) is 0 Å². The van der Waals surface area contributed by atoms with Gasteiger partial charge in [-0.3, -0.25) is 4.79 Å². The molecule has 1 saturated carbocycles. The maximum Gasteiger partial charge on any atom is 0.316 e. The summed E-state index contributed by atoms with van der Waals surface area (Å²) in [6.45, 7) is 1.47. The second-order valence-corrected chi connectivity index (χ2v) is 5.05. The lowest BCUT2D eigenvalue weighted by atomic mass is 10.2. The van der Waals surface area contributed by atoms with E-state index in [2.05, 4.69) is 9.97 Å². The van der Waals surface area contributed by atoms with E-state index >= 15 is 0 Å². The molecule has 0 spiro atoms. The van der Waals surface area contributed by atoms with Crippen molar-refractivity contribution < 1.29 is 9.53 Å². The van der Waals surface area contributed by atoms with Crippen molar-refractivity contribution in [2.45, 2.75) is 31.8 Å². The van der Waals surface area contributed by atoms with Crippen molar-refractivity contribution in [1.29, 1.82) is 0 Å². The predicted octanol–water partition coefficient (Wildman–Crippen LogP) is 1.26. The summed E-state index contributed by atoms with van der Waals surface area (Å²) in [4.78, 5) is 21.9. The van der Waals surface area contributed by atoms with E-state index in [4.69, 9.17) is 4.74 Å². The zero-order valence-electron chi connectivity index (χ0n) is 10.3. The van der Waals surface area contributed by atoms with Crippen molar-refractivity contribution in [2.24, 2.45) is 5.92 Å². The van der Waals surface area contributed by atoms with Crippen LogP contribution in [-0.4, -0.2) is 40.0 Å². The van der Waals surface area contributed by atoms with Crippen LogP contribution < -0.4 is 4.74 Å². The number of ether oxygens (including phenoxy) is 1. The van der Waals surface area contributed by atoms with E-state index in [1.165, 1.54) is 12.8 Å². The number of hydrogen-bond acceptors (Lipinski definition) is 4. The molecule has 3 rings (SSSR count). The van der Waals surface area contributed by atoms with E-state index in [9.17, 15) is 4.79 Å². The number of nitrogens with zero attached hydrogens (tertiary/aromatic N) is 3. The Morgan fingerprint density at radius 2 is 2.11 bits per heavy atom. The lowest BCUT2D eigenvalue weighted by Gasteiger charge is -2.16. The highest BCUT2D eigenvalue weighted by Crippen LogP contribution is 2.33. The number of carbonyl (C=O) groups is 1. The highest BCUT2D eigenvalue weighted by Gasteiger charge is 2.32. The number of likely N-dealkylation sites (tertiary alicyclic amines) is 1. The van der Waals surface area contributed by atoms with E-state index < -0.39 is 0 Å². The van der Waals surface area contributed by atoms with E-state index in [0.717, 1.165) is 13.0 Å². The molecule has 0 N–H and O–H groups in total. The molecule has 1 amide bonds. The molecule has 5 heteroatoms. The maximum atomic E-state index is 11.9. The van der Waals surface area contributed by atoms with Crippen LogP contribution in [0.25, 0.3) is 0 Å². The van der Waals surface area contributed by atoms with Crippen LogP contribution >= 0.6 is 0 Å². The molecule has 2 fully saturated rings. The lowest BCUT2D eigenvalue weighted by Crippen LogP contribution is -2.31. The number of hydrogen-bond donors (Lipinski definition) is 0. The van der Waals surface area contributed by atoms with E-state index in [0.29, 0.717) is 24.9 Å². The van der Waals surface area contributed by atoms with Gasteiger partial charge in [0, 0.05) is 31.8 Å². The van der Waals surface area contributed by atoms with Gasteiger partial charge < -0.3 is 9.64 Å². The molecule has 18 heavy (non-hydrogen) atoms. The molecule has 1 aromatic heterocycles.